The first-order valence-electron chi connectivity index (χ1n) is 7.21. The number of nitrogens with zero attached hydrogens (tertiary/aromatic N) is 2. The number of aryl methyl sites for hydroxylation is 2. The van der Waals surface area contributed by atoms with Gasteiger partial charge in [-0.1, -0.05) is 0 Å². The fourth-order valence-electron chi connectivity index (χ4n) is 2.76. The van der Waals surface area contributed by atoms with Crippen LogP contribution in [0.3, 0.4) is 0 Å². The van der Waals surface area contributed by atoms with Gasteiger partial charge in [-0.15, -0.1) is 11.3 Å². The maximum Gasteiger partial charge on any atom is 0.341 e. The number of thiophene rings is 1. The van der Waals surface area contributed by atoms with Gasteiger partial charge >= 0.3 is 5.97 Å². The normalized spacial score (nSPS) is 13.0. The Morgan fingerprint density at radius 3 is 3.00 bits per heavy atom. The monoisotopic (exact) mass is 319 g/mol. The summed E-state index contributed by atoms with van der Waals surface area (Å²) in [5.74, 6) is -0.650. The highest BCUT2D eigenvalue weighted by molar-refractivity contribution is 7.17. The maximum absolute atomic E-state index is 12.4. The molecule has 0 saturated heterocycles. The maximum atomic E-state index is 12.4. The van der Waals surface area contributed by atoms with Crippen LogP contribution in [0.5, 0.6) is 0 Å². The third-order valence-electron chi connectivity index (χ3n) is 3.79. The second-order valence-electron chi connectivity index (χ2n) is 5.04. The van der Waals surface area contributed by atoms with E-state index in [1.54, 1.807) is 16.9 Å². The summed E-state index contributed by atoms with van der Waals surface area (Å²) in [6.45, 7) is 2.53. The molecule has 0 saturated carbocycles. The number of hydrogen-bond acceptors (Lipinski definition) is 5. The van der Waals surface area contributed by atoms with E-state index in [0.717, 1.165) is 24.8 Å². The third-order valence-corrected chi connectivity index (χ3v) is 4.99. The van der Waals surface area contributed by atoms with Gasteiger partial charge in [0.2, 0.25) is 0 Å². The first-order valence-corrected chi connectivity index (χ1v) is 8.03. The summed E-state index contributed by atoms with van der Waals surface area (Å²) in [5, 5.41) is 7.51. The molecule has 3 rings (SSSR count). The predicted molar refractivity (Wildman–Crippen MR) is 83.5 cm³/mol. The van der Waals surface area contributed by atoms with Crippen molar-refractivity contribution >= 4 is 28.2 Å². The second-order valence-corrected chi connectivity index (χ2v) is 6.14. The molecule has 1 aliphatic carbocycles. The summed E-state index contributed by atoms with van der Waals surface area (Å²) in [6.07, 6.45) is 4.45. The van der Waals surface area contributed by atoms with Crippen molar-refractivity contribution in [3.05, 3.63) is 34.0 Å². The number of amides is 1. The molecule has 0 aliphatic heterocycles. The quantitative estimate of drug-likeness (QED) is 0.879. The molecule has 0 unspecified atom stereocenters. The number of aromatic nitrogens is 2. The van der Waals surface area contributed by atoms with Crippen molar-refractivity contribution in [2.75, 3.05) is 12.4 Å². The van der Waals surface area contributed by atoms with E-state index in [4.69, 9.17) is 4.74 Å². The Balaban J connectivity index is 1.93. The van der Waals surface area contributed by atoms with Gasteiger partial charge < -0.3 is 10.1 Å². The molecule has 1 amide bonds. The minimum atomic E-state index is -0.390. The van der Waals surface area contributed by atoms with Crippen LogP contribution < -0.4 is 5.32 Å². The van der Waals surface area contributed by atoms with Crippen molar-refractivity contribution in [1.82, 2.24) is 9.78 Å². The zero-order valence-electron chi connectivity index (χ0n) is 12.5. The van der Waals surface area contributed by atoms with E-state index in [1.165, 1.54) is 23.3 Å². The summed E-state index contributed by atoms with van der Waals surface area (Å²) < 4.78 is 6.50. The predicted octanol–water partition coefficient (Wildman–Crippen LogP) is 2.49. The van der Waals surface area contributed by atoms with E-state index in [1.807, 2.05) is 6.92 Å². The number of esters is 1. The molecule has 6 nitrogen and oxygen atoms in total. The zero-order chi connectivity index (χ0) is 15.7. The largest absolute Gasteiger partial charge is 0.465 e. The Morgan fingerprint density at radius 2 is 2.27 bits per heavy atom. The molecule has 0 atom stereocenters. The number of rotatable bonds is 4. The Morgan fingerprint density at radius 1 is 1.45 bits per heavy atom. The molecule has 1 aliphatic rings. The number of hydrogen-bond donors (Lipinski definition) is 1. The molecular weight excluding hydrogens is 302 g/mol. The number of methoxy groups -OCH3 is 1. The van der Waals surface area contributed by atoms with Crippen molar-refractivity contribution in [3.63, 3.8) is 0 Å². The van der Waals surface area contributed by atoms with Gasteiger partial charge in [-0.3, -0.25) is 9.48 Å². The van der Waals surface area contributed by atoms with Crippen LogP contribution in [0.2, 0.25) is 0 Å². The van der Waals surface area contributed by atoms with Crippen molar-refractivity contribution < 1.29 is 14.3 Å². The number of nitrogens with one attached hydrogen (secondary N) is 1. The van der Waals surface area contributed by atoms with E-state index in [9.17, 15) is 9.59 Å². The Bertz CT molecular complexity index is 732. The lowest BCUT2D eigenvalue weighted by Gasteiger charge is -2.08. The smallest absolute Gasteiger partial charge is 0.341 e. The number of carbonyl (C=O) groups is 2. The highest BCUT2D eigenvalue weighted by Gasteiger charge is 2.28. The second kappa shape index (κ2) is 5.92. The van der Waals surface area contributed by atoms with Crippen LogP contribution in [0.15, 0.2) is 12.3 Å². The van der Waals surface area contributed by atoms with Crippen LogP contribution in [0.4, 0.5) is 5.00 Å². The summed E-state index contributed by atoms with van der Waals surface area (Å²) in [7, 11) is 1.36. The van der Waals surface area contributed by atoms with Crippen LogP contribution in [-0.2, 0) is 24.1 Å². The first-order chi connectivity index (χ1) is 10.7. The lowest BCUT2D eigenvalue weighted by atomic mass is 10.1. The van der Waals surface area contributed by atoms with Gasteiger partial charge in [0.1, 0.15) is 10.7 Å². The van der Waals surface area contributed by atoms with E-state index >= 15 is 0 Å². The SMILES string of the molecule is CCn1nccc1C(=O)Nc1sc2c(c1C(=O)OC)CCC2. The molecule has 7 heteroatoms. The van der Waals surface area contributed by atoms with Crippen molar-refractivity contribution in [2.45, 2.75) is 32.7 Å². The molecule has 2 heterocycles. The highest BCUT2D eigenvalue weighted by Crippen LogP contribution is 2.39. The van der Waals surface area contributed by atoms with E-state index < -0.39 is 5.97 Å². The molecule has 2 aromatic heterocycles. The van der Waals surface area contributed by atoms with Crippen LogP contribution in [0.25, 0.3) is 0 Å². The zero-order valence-corrected chi connectivity index (χ0v) is 13.3. The van der Waals surface area contributed by atoms with Gasteiger partial charge in [-0.05, 0) is 37.8 Å². The first kappa shape index (κ1) is 14.8. The van der Waals surface area contributed by atoms with Gasteiger partial charge in [0.25, 0.3) is 5.91 Å². The van der Waals surface area contributed by atoms with Gasteiger partial charge in [0.15, 0.2) is 0 Å². The average Bonchev–Trinajstić information content (AvgIpc) is 3.20. The molecule has 0 spiro atoms. The Kier molecular flexibility index (Phi) is 3.98. The third kappa shape index (κ3) is 2.41. The van der Waals surface area contributed by atoms with Crippen LogP contribution >= 0.6 is 11.3 Å². The fourth-order valence-corrected chi connectivity index (χ4v) is 4.03. The van der Waals surface area contributed by atoms with Crippen molar-refractivity contribution in [3.8, 4) is 0 Å². The molecule has 2 aromatic rings. The fraction of sp³-hybridized carbons (Fsp3) is 0.400. The standard InChI is InChI=1S/C15H17N3O3S/c1-3-18-10(7-8-16-18)13(19)17-14-12(15(20)21-2)9-5-4-6-11(9)22-14/h7-8H,3-6H2,1-2H3,(H,17,19). The van der Waals surface area contributed by atoms with Crippen LogP contribution in [-0.4, -0.2) is 28.8 Å². The summed E-state index contributed by atoms with van der Waals surface area (Å²) in [4.78, 5) is 25.7. The Labute approximate surface area is 132 Å². The van der Waals surface area contributed by atoms with Gasteiger partial charge in [-0.25, -0.2) is 4.79 Å². The molecule has 0 radical (unpaired) electrons. The van der Waals surface area contributed by atoms with Crippen molar-refractivity contribution in [2.24, 2.45) is 0 Å². The van der Waals surface area contributed by atoms with E-state index in [2.05, 4.69) is 10.4 Å². The molecule has 22 heavy (non-hydrogen) atoms. The molecule has 116 valence electrons. The molecule has 0 fully saturated rings. The number of ether oxygens (including phenoxy) is 1. The molecule has 0 aromatic carbocycles. The summed E-state index contributed by atoms with van der Waals surface area (Å²) in [6, 6.07) is 1.66. The van der Waals surface area contributed by atoms with Gasteiger partial charge in [0.05, 0.1) is 12.7 Å². The van der Waals surface area contributed by atoms with E-state index in [-0.39, 0.29) is 5.91 Å². The minimum Gasteiger partial charge on any atom is -0.465 e. The summed E-state index contributed by atoms with van der Waals surface area (Å²) in [5.41, 5.74) is 2.01. The lowest BCUT2D eigenvalue weighted by Crippen LogP contribution is -2.18. The minimum absolute atomic E-state index is 0.260. The molecular formula is C15H17N3O3S. The summed E-state index contributed by atoms with van der Waals surface area (Å²) >= 11 is 1.47. The Hall–Kier alpha value is -2.15. The van der Waals surface area contributed by atoms with Gasteiger partial charge in [0, 0.05) is 17.6 Å². The molecule has 1 N–H and O–H groups in total. The van der Waals surface area contributed by atoms with E-state index in [0.29, 0.717) is 22.8 Å². The van der Waals surface area contributed by atoms with Crippen molar-refractivity contribution in [1.29, 1.82) is 0 Å². The van der Waals surface area contributed by atoms with Gasteiger partial charge in [-0.2, -0.15) is 5.10 Å². The number of anilines is 1. The number of fused-ring (bicyclic) bond motifs is 1. The average molecular weight is 319 g/mol. The highest BCUT2D eigenvalue weighted by atomic mass is 32.1. The topological polar surface area (TPSA) is 73.2 Å². The molecule has 0 bridgehead atoms. The van der Waals surface area contributed by atoms with Crippen LogP contribution in [0, 0.1) is 0 Å². The number of carbonyl (C=O) groups excluding carboxylic acids is 2. The van der Waals surface area contributed by atoms with Crippen LogP contribution in [0.1, 0.15) is 44.6 Å². The lowest BCUT2D eigenvalue weighted by molar-refractivity contribution is 0.0601.